The van der Waals surface area contributed by atoms with Crippen molar-refractivity contribution in [1.29, 1.82) is 0 Å². The molecule has 0 radical (unpaired) electrons. The summed E-state index contributed by atoms with van der Waals surface area (Å²) in [5.74, 6) is 0.914. The zero-order chi connectivity index (χ0) is 16.4. The molecule has 2 heterocycles. The number of anilines is 1. The van der Waals surface area contributed by atoms with Crippen LogP contribution < -0.4 is 9.64 Å². The maximum atomic E-state index is 5.24. The van der Waals surface area contributed by atoms with E-state index < -0.39 is 0 Å². The molecule has 0 aliphatic carbocycles. The standard InChI is InChI=1S/C20H23N3O/c1-24-19-6-4-18(5-7-19)23-12-10-22(11-13-23)15-16-2-3-17-8-9-21-20(17)14-16/h2-9,14,21H,10-13,15H2,1H3. The minimum absolute atomic E-state index is 0.914. The molecule has 4 rings (SSSR count). The van der Waals surface area contributed by atoms with Crippen LogP contribution in [0.5, 0.6) is 5.75 Å². The monoisotopic (exact) mass is 321 g/mol. The van der Waals surface area contributed by atoms with Crippen molar-refractivity contribution in [3.8, 4) is 5.75 Å². The average Bonchev–Trinajstić information content (AvgIpc) is 3.10. The lowest BCUT2D eigenvalue weighted by Gasteiger charge is -2.36. The first kappa shape index (κ1) is 15.1. The summed E-state index contributed by atoms with van der Waals surface area (Å²) >= 11 is 0. The summed E-state index contributed by atoms with van der Waals surface area (Å²) < 4.78 is 5.24. The molecule has 4 nitrogen and oxygen atoms in total. The Labute approximate surface area is 142 Å². The first-order chi connectivity index (χ1) is 11.8. The van der Waals surface area contributed by atoms with Gasteiger partial charge in [0.05, 0.1) is 7.11 Å². The molecule has 1 aliphatic rings. The van der Waals surface area contributed by atoms with E-state index in [9.17, 15) is 0 Å². The number of hydrogen-bond acceptors (Lipinski definition) is 3. The lowest BCUT2D eigenvalue weighted by atomic mass is 10.1. The number of methoxy groups -OCH3 is 1. The molecule has 1 fully saturated rings. The van der Waals surface area contributed by atoms with Crippen LogP contribution in [0, 0.1) is 0 Å². The summed E-state index contributed by atoms with van der Waals surface area (Å²) in [5, 5.41) is 1.28. The summed E-state index contributed by atoms with van der Waals surface area (Å²) in [4.78, 5) is 8.28. The van der Waals surface area contributed by atoms with Gasteiger partial charge in [-0.15, -0.1) is 0 Å². The number of ether oxygens (including phenoxy) is 1. The van der Waals surface area contributed by atoms with Crippen molar-refractivity contribution >= 4 is 16.6 Å². The topological polar surface area (TPSA) is 31.5 Å². The molecule has 0 atom stereocenters. The molecule has 0 spiro atoms. The predicted octanol–water partition coefficient (Wildman–Crippen LogP) is 3.50. The highest BCUT2D eigenvalue weighted by Crippen LogP contribution is 2.21. The molecule has 4 heteroatoms. The Balaban J connectivity index is 1.36. The van der Waals surface area contributed by atoms with Gasteiger partial charge in [0.1, 0.15) is 5.75 Å². The quantitative estimate of drug-likeness (QED) is 0.798. The zero-order valence-corrected chi connectivity index (χ0v) is 14.0. The lowest BCUT2D eigenvalue weighted by molar-refractivity contribution is 0.250. The highest BCUT2D eigenvalue weighted by atomic mass is 16.5. The van der Waals surface area contributed by atoms with Crippen LogP contribution >= 0.6 is 0 Å². The van der Waals surface area contributed by atoms with Crippen LogP contribution in [-0.2, 0) is 6.54 Å². The number of nitrogens with one attached hydrogen (secondary N) is 1. The maximum absolute atomic E-state index is 5.24. The zero-order valence-electron chi connectivity index (χ0n) is 14.0. The first-order valence-electron chi connectivity index (χ1n) is 8.49. The Hall–Kier alpha value is -2.46. The molecule has 1 aliphatic heterocycles. The Morgan fingerprint density at radius 1 is 0.958 bits per heavy atom. The number of benzene rings is 2. The second kappa shape index (κ2) is 6.57. The smallest absolute Gasteiger partial charge is 0.119 e. The number of H-pyrrole nitrogens is 1. The highest BCUT2D eigenvalue weighted by Gasteiger charge is 2.17. The van der Waals surface area contributed by atoms with Crippen LogP contribution in [0.4, 0.5) is 5.69 Å². The highest BCUT2D eigenvalue weighted by molar-refractivity contribution is 5.79. The molecule has 24 heavy (non-hydrogen) atoms. The van der Waals surface area contributed by atoms with Crippen molar-refractivity contribution < 1.29 is 4.74 Å². The summed E-state index contributed by atoms with van der Waals surface area (Å²) in [5.41, 5.74) is 3.88. The SMILES string of the molecule is COc1ccc(N2CCN(Cc3ccc4cc[nH]c4c3)CC2)cc1. The molecule has 2 aromatic carbocycles. The Bertz CT molecular complexity index is 801. The molecule has 0 saturated carbocycles. The molecule has 1 saturated heterocycles. The van der Waals surface area contributed by atoms with E-state index in [1.165, 1.54) is 22.2 Å². The molecule has 0 bridgehead atoms. The van der Waals surface area contributed by atoms with Gasteiger partial charge in [-0.1, -0.05) is 12.1 Å². The van der Waals surface area contributed by atoms with Gasteiger partial charge < -0.3 is 14.6 Å². The van der Waals surface area contributed by atoms with E-state index in [4.69, 9.17) is 4.74 Å². The predicted molar refractivity (Wildman–Crippen MR) is 98.8 cm³/mol. The first-order valence-corrected chi connectivity index (χ1v) is 8.49. The number of aromatic nitrogens is 1. The van der Waals surface area contributed by atoms with Crippen LogP contribution in [-0.4, -0.2) is 43.2 Å². The minimum atomic E-state index is 0.914. The lowest BCUT2D eigenvalue weighted by Crippen LogP contribution is -2.45. The van der Waals surface area contributed by atoms with Gasteiger partial charge in [0, 0.05) is 50.1 Å². The van der Waals surface area contributed by atoms with Crippen LogP contribution in [0.15, 0.2) is 54.7 Å². The summed E-state index contributed by atoms with van der Waals surface area (Å²) in [7, 11) is 1.71. The molecule has 1 aromatic heterocycles. The molecule has 0 unspecified atom stereocenters. The average molecular weight is 321 g/mol. The number of rotatable bonds is 4. The largest absolute Gasteiger partial charge is 0.497 e. The second-order valence-electron chi connectivity index (χ2n) is 6.36. The van der Waals surface area contributed by atoms with Crippen molar-refractivity contribution in [2.45, 2.75) is 6.54 Å². The van der Waals surface area contributed by atoms with Gasteiger partial charge in [-0.05, 0) is 47.3 Å². The Kier molecular flexibility index (Phi) is 4.13. The van der Waals surface area contributed by atoms with Crippen LogP contribution in [0.25, 0.3) is 10.9 Å². The normalized spacial score (nSPS) is 15.8. The third-order valence-corrected chi connectivity index (χ3v) is 4.84. The van der Waals surface area contributed by atoms with Crippen molar-refractivity contribution in [1.82, 2.24) is 9.88 Å². The van der Waals surface area contributed by atoms with E-state index >= 15 is 0 Å². The van der Waals surface area contributed by atoms with Gasteiger partial charge in [-0.2, -0.15) is 0 Å². The minimum Gasteiger partial charge on any atom is -0.497 e. The molecule has 124 valence electrons. The second-order valence-corrected chi connectivity index (χ2v) is 6.36. The third-order valence-electron chi connectivity index (χ3n) is 4.84. The van der Waals surface area contributed by atoms with E-state index in [2.05, 4.69) is 51.2 Å². The maximum Gasteiger partial charge on any atom is 0.119 e. The number of piperazine rings is 1. The summed E-state index contributed by atoms with van der Waals surface area (Å²) in [6.45, 7) is 5.34. The van der Waals surface area contributed by atoms with Crippen molar-refractivity contribution in [3.63, 3.8) is 0 Å². The Morgan fingerprint density at radius 2 is 1.75 bits per heavy atom. The molecule has 1 N–H and O–H groups in total. The Morgan fingerprint density at radius 3 is 2.50 bits per heavy atom. The van der Waals surface area contributed by atoms with Crippen LogP contribution in [0.2, 0.25) is 0 Å². The van der Waals surface area contributed by atoms with Gasteiger partial charge in [-0.25, -0.2) is 0 Å². The fraction of sp³-hybridized carbons (Fsp3) is 0.300. The van der Waals surface area contributed by atoms with Gasteiger partial charge >= 0.3 is 0 Å². The number of aromatic amines is 1. The van der Waals surface area contributed by atoms with E-state index in [0.29, 0.717) is 0 Å². The number of hydrogen-bond donors (Lipinski definition) is 1. The summed E-state index contributed by atoms with van der Waals surface area (Å²) in [6.07, 6.45) is 2.00. The van der Waals surface area contributed by atoms with Crippen LogP contribution in [0.3, 0.4) is 0 Å². The van der Waals surface area contributed by atoms with E-state index in [-0.39, 0.29) is 0 Å². The van der Waals surface area contributed by atoms with E-state index in [1.54, 1.807) is 7.11 Å². The molecular formula is C20H23N3O. The molecule has 3 aromatic rings. The molecule has 0 amide bonds. The molecular weight excluding hydrogens is 298 g/mol. The number of fused-ring (bicyclic) bond motifs is 1. The van der Waals surface area contributed by atoms with Gasteiger partial charge in [0.2, 0.25) is 0 Å². The van der Waals surface area contributed by atoms with Gasteiger partial charge in [0.15, 0.2) is 0 Å². The van der Waals surface area contributed by atoms with E-state index in [0.717, 1.165) is 38.5 Å². The summed E-state index contributed by atoms with van der Waals surface area (Å²) in [6, 6.07) is 17.2. The van der Waals surface area contributed by atoms with E-state index in [1.807, 2.05) is 18.3 Å². The van der Waals surface area contributed by atoms with Gasteiger partial charge in [0.25, 0.3) is 0 Å². The fourth-order valence-electron chi connectivity index (χ4n) is 3.41. The van der Waals surface area contributed by atoms with Gasteiger partial charge in [-0.3, -0.25) is 4.90 Å². The van der Waals surface area contributed by atoms with Crippen LogP contribution in [0.1, 0.15) is 5.56 Å². The number of nitrogens with zero attached hydrogens (tertiary/aromatic N) is 2. The van der Waals surface area contributed by atoms with Crippen molar-refractivity contribution in [2.24, 2.45) is 0 Å². The van der Waals surface area contributed by atoms with Crippen molar-refractivity contribution in [2.75, 3.05) is 38.2 Å². The fourth-order valence-corrected chi connectivity index (χ4v) is 3.41. The third kappa shape index (κ3) is 3.10. The van der Waals surface area contributed by atoms with Crippen molar-refractivity contribution in [3.05, 3.63) is 60.3 Å².